The van der Waals surface area contributed by atoms with E-state index in [4.69, 9.17) is 9.84 Å². The first-order chi connectivity index (χ1) is 8.29. The van der Waals surface area contributed by atoms with E-state index >= 15 is 0 Å². The molecule has 1 aromatic carbocycles. The van der Waals surface area contributed by atoms with Gasteiger partial charge in [-0.15, -0.1) is 0 Å². The molecule has 1 rings (SSSR count). The van der Waals surface area contributed by atoms with Crippen LogP contribution in [0.3, 0.4) is 0 Å². The summed E-state index contributed by atoms with van der Waals surface area (Å²) in [5.74, 6) is 0.350. The quantitative estimate of drug-likeness (QED) is 0.869. The molecule has 1 N–H and O–H groups in total. The van der Waals surface area contributed by atoms with Gasteiger partial charge in [-0.3, -0.25) is 4.79 Å². The van der Waals surface area contributed by atoms with E-state index in [1.165, 1.54) is 0 Å². The summed E-state index contributed by atoms with van der Waals surface area (Å²) in [4.78, 5) is 11.0. The summed E-state index contributed by atoms with van der Waals surface area (Å²) in [6.45, 7) is 8.11. The molecular weight excluding hydrogens is 228 g/mol. The number of aliphatic carboxylic acids is 1. The summed E-state index contributed by atoms with van der Waals surface area (Å²) < 4.78 is 5.40. The molecule has 0 atom stereocenters. The van der Waals surface area contributed by atoms with E-state index in [1.54, 1.807) is 7.11 Å². The minimum atomic E-state index is -0.780. The van der Waals surface area contributed by atoms with Gasteiger partial charge in [0.2, 0.25) is 0 Å². The van der Waals surface area contributed by atoms with Crippen LogP contribution < -0.4 is 4.74 Å². The molecule has 0 aliphatic rings. The van der Waals surface area contributed by atoms with E-state index in [0.717, 1.165) is 16.9 Å². The van der Waals surface area contributed by atoms with Gasteiger partial charge in [-0.25, -0.2) is 0 Å². The van der Waals surface area contributed by atoms with Gasteiger partial charge in [0.25, 0.3) is 0 Å². The van der Waals surface area contributed by atoms with Crippen molar-refractivity contribution in [1.82, 2.24) is 0 Å². The van der Waals surface area contributed by atoms with Gasteiger partial charge in [0.1, 0.15) is 5.75 Å². The van der Waals surface area contributed by atoms with Crippen molar-refractivity contribution in [3.63, 3.8) is 0 Å². The highest BCUT2D eigenvalue weighted by Gasteiger charge is 2.28. The summed E-state index contributed by atoms with van der Waals surface area (Å²) in [7, 11) is 1.65. The third-order valence-corrected chi connectivity index (χ3v) is 3.19. The number of methoxy groups -OCH3 is 1. The molecule has 3 heteroatoms. The lowest BCUT2D eigenvalue weighted by molar-refractivity contribution is -0.138. The van der Waals surface area contributed by atoms with Crippen molar-refractivity contribution in [2.24, 2.45) is 0 Å². The van der Waals surface area contributed by atoms with Gasteiger partial charge in [-0.1, -0.05) is 39.8 Å². The highest BCUT2D eigenvalue weighted by Crippen LogP contribution is 2.38. The standard InChI is InChI=1S/C15H22O3/c1-10(2)14-11(7-6-8-12(14)18-5)15(3,4)9-13(16)17/h6-8,10H,9H2,1-5H3,(H,16,17). The zero-order valence-corrected chi connectivity index (χ0v) is 11.8. The molecule has 1 aromatic rings. The zero-order valence-electron chi connectivity index (χ0n) is 11.8. The normalized spacial score (nSPS) is 11.7. The van der Waals surface area contributed by atoms with Crippen LogP contribution in [0, 0.1) is 0 Å². The third-order valence-electron chi connectivity index (χ3n) is 3.19. The summed E-state index contributed by atoms with van der Waals surface area (Å²) in [5, 5.41) is 9.04. The van der Waals surface area contributed by atoms with E-state index in [1.807, 2.05) is 32.0 Å². The van der Waals surface area contributed by atoms with Crippen LogP contribution >= 0.6 is 0 Å². The molecule has 0 fully saturated rings. The summed E-state index contributed by atoms with van der Waals surface area (Å²) >= 11 is 0. The van der Waals surface area contributed by atoms with Crippen LogP contribution in [0.25, 0.3) is 0 Å². The SMILES string of the molecule is COc1cccc(C(C)(C)CC(=O)O)c1C(C)C. The fraction of sp³-hybridized carbons (Fsp3) is 0.533. The first-order valence-corrected chi connectivity index (χ1v) is 6.18. The molecule has 0 saturated carbocycles. The maximum absolute atomic E-state index is 11.0. The average molecular weight is 250 g/mol. The molecule has 0 aliphatic heterocycles. The van der Waals surface area contributed by atoms with Crippen molar-refractivity contribution < 1.29 is 14.6 Å². The number of benzene rings is 1. The highest BCUT2D eigenvalue weighted by molar-refractivity contribution is 5.69. The smallest absolute Gasteiger partial charge is 0.304 e. The van der Waals surface area contributed by atoms with E-state index in [2.05, 4.69) is 13.8 Å². The Bertz CT molecular complexity index is 433. The Labute approximate surface area is 109 Å². The first kappa shape index (κ1) is 14.6. The number of carbonyl (C=O) groups is 1. The molecule has 0 bridgehead atoms. The molecule has 3 nitrogen and oxygen atoms in total. The topological polar surface area (TPSA) is 46.5 Å². The minimum Gasteiger partial charge on any atom is -0.496 e. The second-order valence-corrected chi connectivity index (χ2v) is 5.53. The second kappa shape index (κ2) is 5.42. The highest BCUT2D eigenvalue weighted by atomic mass is 16.5. The van der Waals surface area contributed by atoms with Crippen molar-refractivity contribution in [2.45, 2.75) is 45.4 Å². The van der Waals surface area contributed by atoms with Gasteiger partial charge in [0.15, 0.2) is 0 Å². The maximum atomic E-state index is 11.0. The lowest BCUT2D eigenvalue weighted by Crippen LogP contribution is -2.24. The zero-order chi connectivity index (χ0) is 13.9. The average Bonchev–Trinajstić information content (AvgIpc) is 2.26. The van der Waals surface area contributed by atoms with Crippen LogP contribution in [0.1, 0.15) is 51.2 Å². The van der Waals surface area contributed by atoms with Crippen LogP contribution in [0.5, 0.6) is 5.75 Å². The Hall–Kier alpha value is -1.51. The third kappa shape index (κ3) is 3.03. The second-order valence-electron chi connectivity index (χ2n) is 5.53. The van der Waals surface area contributed by atoms with E-state index in [-0.39, 0.29) is 6.42 Å². The molecule has 0 aromatic heterocycles. The molecule has 100 valence electrons. The lowest BCUT2D eigenvalue weighted by Gasteiger charge is -2.28. The molecule has 0 unspecified atom stereocenters. The molecule has 0 spiro atoms. The molecule has 0 saturated heterocycles. The van der Waals surface area contributed by atoms with Gasteiger partial charge in [0.05, 0.1) is 13.5 Å². The number of hydrogen-bond acceptors (Lipinski definition) is 2. The lowest BCUT2D eigenvalue weighted by atomic mass is 9.76. The van der Waals surface area contributed by atoms with E-state index < -0.39 is 11.4 Å². The van der Waals surface area contributed by atoms with Gasteiger partial charge in [-0.05, 0) is 17.5 Å². The van der Waals surface area contributed by atoms with Crippen molar-refractivity contribution in [1.29, 1.82) is 0 Å². The van der Waals surface area contributed by atoms with Gasteiger partial charge in [-0.2, -0.15) is 0 Å². The summed E-state index contributed by atoms with van der Waals surface area (Å²) in [5.41, 5.74) is 1.76. The van der Waals surface area contributed by atoms with Crippen LogP contribution in [0.15, 0.2) is 18.2 Å². The number of ether oxygens (including phenoxy) is 1. The largest absolute Gasteiger partial charge is 0.496 e. The fourth-order valence-corrected chi connectivity index (χ4v) is 2.38. The molecule has 0 aliphatic carbocycles. The maximum Gasteiger partial charge on any atom is 0.304 e. The number of carboxylic acids is 1. The van der Waals surface area contributed by atoms with Gasteiger partial charge >= 0.3 is 5.97 Å². The Morgan fingerprint density at radius 2 is 2.00 bits per heavy atom. The van der Waals surface area contributed by atoms with Crippen LogP contribution in [0.2, 0.25) is 0 Å². The van der Waals surface area contributed by atoms with Crippen molar-refractivity contribution in [3.05, 3.63) is 29.3 Å². The summed E-state index contributed by atoms with van der Waals surface area (Å²) in [6, 6.07) is 5.85. The van der Waals surface area contributed by atoms with Crippen LogP contribution in [-0.2, 0) is 10.2 Å². The molecular formula is C15H22O3. The van der Waals surface area contributed by atoms with Gasteiger partial charge in [0, 0.05) is 11.0 Å². The van der Waals surface area contributed by atoms with Gasteiger partial charge < -0.3 is 9.84 Å². The first-order valence-electron chi connectivity index (χ1n) is 6.18. The Morgan fingerprint density at radius 3 is 2.44 bits per heavy atom. The van der Waals surface area contributed by atoms with Crippen molar-refractivity contribution >= 4 is 5.97 Å². The number of rotatable bonds is 5. The van der Waals surface area contributed by atoms with Crippen LogP contribution in [0.4, 0.5) is 0 Å². The van der Waals surface area contributed by atoms with Crippen molar-refractivity contribution in [2.75, 3.05) is 7.11 Å². The van der Waals surface area contributed by atoms with E-state index in [0.29, 0.717) is 5.92 Å². The summed E-state index contributed by atoms with van der Waals surface area (Å²) in [6.07, 6.45) is 0.111. The van der Waals surface area contributed by atoms with Crippen LogP contribution in [-0.4, -0.2) is 18.2 Å². The number of carboxylic acid groups (broad SMARTS) is 1. The Morgan fingerprint density at radius 1 is 1.39 bits per heavy atom. The minimum absolute atomic E-state index is 0.111. The predicted molar refractivity (Wildman–Crippen MR) is 72.4 cm³/mol. The fourth-order valence-electron chi connectivity index (χ4n) is 2.38. The molecule has 18 heavy (non-hydrogen) atoms. The Balaban J connectivity index is 3.35. The predicted octanol–water partition coefficient (Wildman–Crippen LogP) is 3.57. The Kier molecular flexibility index (Phi) is 4.38. The van der Waals surface area contributed by atoms with Crippen molar-refractivity contribution in [3.8, 4) is 5.75 Å². The van der Waals surface area contributed by atoms with E-state index in [9.17, 15) is 4.79 Å². The molecule has 0 heterocycles. The number of hydrogen-bond donors (Lipinski definition) is 1. The molecule has 0 amide bonds. The molecule has 0 radical (unpaired) electrons. The monoisotopic (exact) mass is 250 g/mol.